The number of piperidine rings is 1. The highest BCUT2D eigenvalue weighted by Gasteiger charge is 2.27. The van der Waals surface area contributed by atoms with Gasteiger partial charge < -0.3 is 14.8 Å². The fourth-order valence-electron chi connectivity index (χ4n) is 3.55. The summed E-state index contributed by atoms with van der Waals surface area (Å²) >= 11 is 0. The van der Waals surface area contributed by atoms with Crippen molar-refractivity contribution < 1.29 is 22.7 Å². The first-order valence-corrected chi connectivity index (χ1v) is 11.4. The lowest BCUT2D eigenvalue weighted by molar-refractivity contribution is 0.0950. The molecule has 0 bridgehead atoms. The molecule has 0 atom stereocenters. The van der Waals surface area contributed by atoms with Crippen LogP contribution in [-0.4, -0.2) is 45.9 Å². The maximum atomic E-state index is 13.0. The van der Waals surface area contributed by atoms with E-state index < -0.39 is 10.0 Å². The van der Waals surface area contributed by atoms with Gasteiger partial charge in [0.05, 0.1) is 19.1 Å². The molecule has 1 heterocycles. The minimum absolute atomic E-state index is 0.152. The Morgan fingerprint density at radius 2 is 1.77 bits per heavy atom. The second-order valence-electron chi connectivity index (χ2n) is 7.30. The molecule has 1 saturated heterocycles. The van der Waals surface area contributed by atoms with Gasteiger partial charge in [0, 0.05) is 30.8 Å². The SMILES string of the molecule is COc1ccc(OC)c(CNC(=O)c2cc(S(=O)(=O)N3CCCCC3)ccc2C)c1. The molecule has 3 rings (SSSR count). The summed E-state index contributed by atoms with van der Waals surface area (Å²) in [6.07, 6.45) is 2.77. The van der Waals surface area contributed by atoms with Gasteiger partial charge in [-0.3, -0.25) is 4.79 Å². The number of carbonyl (C=O) groups excluding carboxylic acids is 1. The molecule has 0 saturated carbocycles. The van der Waals surface area contributed by atoms with E-state index in [1.807, 2.05) is 0 Å². The number of benzene rings is 2. The Morgan fingerprint density at radius 1 is 1.03 bits per heavy atom. The maximum absolute atomic E-state index is 13.0. The first kappa shape index (κ1) is 22.1. The average molecular weight is 433 g/mol. The number of hydrogen-bond donors (Lipinski definition) is 1. The zero-order valence-corrected chi connectivity index (χ0v) is 18.4. The van der Waals surface area contributed by atoms with Crippen molar-refractivity contribution >= 4 is 15.9 Å². The number of methoxy groups -OCH3 is 2. The molecule has 162 valence electrons. The van der Waals surface area contributed by atoms with Crippen molar-refractivity contribution in [3.63, 3.8) is 0 Å². The average Bonchev–Trinajstić information content (AvgIpc) is 2.77. The summed E-state index contributed by atoms with van der Waals surface area (Å²) in [7, 11) is -0.472. The van der Waals surface area contributed by atoms with Gasteiger partial charge in [-0.2, -0.15) is 4.31 Å². The molecule has 7 nitrogen and oxygen atoms in total. The zero-order valence-electron chi connectivity index (χ0n) is 17.6. The van der Waals surface area contributed by atoms with E-state index in [0.717, 1.165) is 24.8 Å². The van der Waals surface area contributed by atoms with Crippen molar-refractivity contribution in [2.75, 3.05) is 27.3 Å². The van der Waals surface area contributed by atoms with Gasteiger partial charge in [0.2, 0.25) is 10.0 Å². The van der Waals surface area contributed by atoms with Crippen LogP contribution in [0.15, 0.2) is 41.3 Å². The molecule has 1 aliphatic heterocycles. The molecular weight excluding hydrogens is 404 g/mol. The highest BCUT2D eigenvalue weighted by Crippen LogP contribution is 2.25. The minimum Gasteiger partial charge on any atom is -0.497 e. The smallest absolute Gasteiger partial charge is 0.251 e. The quantitative estimate of drug-likeness (QED) is 0.727. The van der Waals surface area contributed by atoms with Crippen LogP contribution in [0.25, 0.3) is 0 Å². The lowest BCUT2D eigenvalue weighted by Crippen LogP contribution is -2.35. The van der Waals surface area contributed by atoms with Gasteiger partial charge in [-0.05, 0) is 55.7 Å². The summed E-state index contributed by atoms with van der Waals surface area (Å²) in [6.45, 7) is 3.06. The van der Waals surface area contributed by atoms with Crippen molar-refractivity contribution in [1.82, 2.24) is 9.62 Å². The van der Waals surface area contributed by atoms with Gasteiger partial charge in [-0.15, -0.1) is 0 Å². The Hall–Kier alpha value is -2.58. The number of sulfonamides is 1. The molecule has 1 amide bonds. The molecule has 2 aromatic carbocycles. The summed E-state index contributed by atoms with van der Waals surface area (Å²) in [5, 5.41) is 2.86. The van der Waals surface area contributed by atoms with E-state index in [-0.39, 0.29) is 17.3 Å². The Morgan fingerprint density at radius 3 is 2.43 bits per heavy atom. The van der Waals surface area contributed by atoms with E-state index in [1.54, 1.807) is 51.5 Å². The molecule has 1 fully saturated rings. The fourth-order valence-corrected chi connectivity index (χ4v) is 5.10. The normalized spacial score (nSPS) is 14.9. The first-order chi connectivity index (χ1) is 14.4. The Labute approximate surface area is 178 Å². The van der Waals surface area contributed by atoms with Crippen LogP contribution < -0.4 is 14.8 Å². The highest BCUT2D eigenvalue weighted by atomic mass is 32.2. The van der Waals surface area contributed by atoms with E-state index in [9.17, 15) is 13.2 Å². The molecule has 8 heteroatoms. The lowest BCUT2D eigenvalue weighted by Gasteiger charge is -2.26. The van der Waals surface area contributed by atoms with Crippen molar-refractivity contribution in [2.24, 2.45) is 0 Å². The van der Waals surface area contributed by atoms with Gasteiger partial charge in [0.25, 0.3) is 5.91 Å². The molecule has 1 aliphatic rings. The predicted molar refractivity (Wildman–Crippen MR) is 115 cm³/mol. The Bertz CT molecular complexity index is 1010. The summed E-state index contributed by atoms with van der Waals surface area (Å²) in [5.41, 5.74) is 1.82. The number of rotatable bonds is 7. The summed E-state index contributed by atoms with van der Waals surface area (Å²) in [5.74, 6) is 0.952. The molecule has 0 unspecified atom stereocenters. The van der Waals surface area contributed by atoms with Crippen LogP contribution in [0.1, 0.15) is 40.7 Å². The second-order valence-corrected chi connectivity index (χ2v) is 9.24. The molecule has 2 aromatic rings. The van der Waals surface area contributed by atoms with Crippen LogP contribution in [0.3, 0.4) is 0 Å². The number of nitrogens with one attached hydrogen (secondary N) is 1. The third-order valence-corrected chi connectivity index (χ3v) is 7.23. The number of amides is 1. The van der Waals surface area contributed by atoms with Gasteiger partial charge in [0.15, 0.2) is 0 Å². The van der Waals surface area contributed by atoms with E-state index in [4.69, 9.17) is 9.47 Å². The van der Waals surface area contributed by atoms with Crippen molar-refractivity contribution in [3.05, 3.63) is 53.1 Å². The number of carbonyl (C=O) groups is 1. The number of nitrogens with zero attached hydrogens (tertiary/aromatic N) is 1. The van der Waals surface area contributed by atoms with Crippen molar-refractivity contribution in [1.29, 1.82) is 0 Å². The number of aryl methyl sites for hydroxylation is 1. The van der Waals surface area contributed by atoms with E-state index in [0.29, 0.717) is 35.7 Å². The topological polar surface area (TPSA) is 84.9 Å². The zero-order chi connectivity index (χ0) is 21.7. The van der Waals surface area contributed by atoms with Crippen LogP contribution in [0.4, 0.5) is 0 Å². The Balaban J connectivity index is 1.80. The third kappa shape index (κ3) is 4.76. The van der Waals surface area contributed by atoms with Gasteiger partial charge in [-0.25, -0.2) is 8.42 Å². The summed E-state index contributed by atoms with van der Waals surface area (Å²) in [4.78, 5) is 13.0. The summed E-state index contributed by atoms with van der Waals surface area (Å²) < 4.78 is 38.0. The van der Waals surface area contributed by atoms with Crippen LogP contribution >= 0.6 is 0 Å². The predicted octanol–water partition coefficient (Wildman–Crippen LogP) is 3.12. The van der Waals surface area contributed by atoms with Crippen LogP contribution in [0.5, 0.6) is 11.5 Å². The minimum atomic E-state index is -3.60. The van der Waals surface area contributed by atoms with E-state index in [2.05, 4.69) is 5.32 Å². The highest BCUT2D eigenvalue weighted by molar-refractivity contribution is 7.89. The van der Waals surface area contributed by atoms with Gasteiger partial charge in [-0.1, -0.05) is 12.5 Å². The van der Waals surface area contributed by atoms with E-state index >= 15 is 0 Å². The fraction of sp³-hybridized carbons (Fsp3) is 0.409. The molecule has 0 aliphatic carbocycles. The largest absolute Gasteiger partial charge is 0.497 e. The molecular formula is C22H28N2O5S. The molecule has 30 heavy (non-hydrogen) atoms. The molecule has 0 spiro atoms. The first-order valence-electron chi connectivity index (χ1n) is 9.96. The monoisotopic (exact) mass is 432 g/mol. The van der Waals surface area contributed by atoms with Crippen LogP contribution in [0.2, 0.25) is 0 Å². The van der Waals surface area contributed by atoms with Gasteiger partial charge >= 0.3 is 0 Å². The lowest BCUT2D eigenvalue weighted by atomic mass is 10.1. The third-order valence-electron chi connectivity index (χ3n) is 5.33. The van der Waals surface area contributed by atoms with Crippen molar-refractivity contribution in [2.45, 2.75) is 37.6 Å². The standard InChI is InChI=1S/C22H28N2O5S/c1-16-7-9-19(30(26,27)24-11-5-4-6-12-24)14-20(16)22(25)23-15-17-13-18(28-2)8-10-21(17)29-3/h7-10,13-14H,4-6,11-12,15H2,1-3H3,(H,23,25). The van der Waals surface area contributed by atoms with Crippen molar-refractivity contribution in [3.8, 4) is 11.5 Å². The molecule has 1 N–H and O–H groups in total. The molecule has 0 aromatic heterocycles. The van der Waals surface area contributed by atoms with Gasteiger partial charge in [0.1, 0.15) is 11.5 Å². The second kappa shape index (κ2) is 9.49. The maximum Gasteiger partial charge on any atom is 0.251 e. The summed E-state index contributed by atoms with van der Waals surface area (Å²) in [6, 6.07) is 10.1. The number of ether oxygens (including phenoxy) is 2. The molecule has 0 radical (unpaired) electrons. The Kier molecular flexibility index (Phi) is 6.99. The number of hydrogen-bond acceptors (Lipinski definition) is 5. The van der Waals surface area contributed by atoms with Crippen LogP contribution in [-0.2, 0) is 16.6 Å². The van der Waals surface area contributed by atoms with Crippen LogP contribution in [0, 0.1) is 6.92 Å². The van der Waals surface area contributed by atoms with E-state index in [1.165, 1.54) is 10.4 Å².